The van der Waals surface area contributed by atoms with Crippen molar-refractivity contribution in [2.45, 2.75) is 44.9 Å². The molecule has 0 aromatic heterocycles. The summed E-state index contributed by atoms with van der Waals surface area (Å²) < 4.78 is 0. The van der Waals surface area contributed by atoms with Gasteiger partial charge >= 0.3 is 5.97 Å². The maximum atomic E-state index is 10.3. The number of hydrogen-bond donors (Lipinski definition) is 1. The van der Waals surface area contributed by atoms with Gasteiger partial charge in [0.25, 0.3) is 0 Å². The van der Waals surface area contributed by atoms with Crippen LogP contribution in [0.15, 0.2) is 73.4 Å². The molecule has 2 heteroatoms. The Hall–Kier alpha value is -2.09. The molecule has 0 aliphatic rings. The minimum Gasteiger partial charge on any atom is -0.481 e. The van der Waals surface area contributed by atoms with Gasteiger partial charge in [0.1, 0.15) is 0 Å². The molecule has 0 spiro atoms. The van der Waals surface area contributed by atoms with Gasteiger partial charge in [0.05, 0.1) is 0 Å². The third-order valence-corrected chi connectivity index (χ3v) is 2.75. The molecule has 0 amide bonds. The molecule has 2 nitrogen and oxygen atoms in total. The summed E-state index contributed by atoms with van der Waals surface area (Å²) in [4.78, 5) is 10.3. The maximum Gasteiger partial charge on any atom is 0.303 e. The number of hydrogen-bond acceptors (Lipinski definition) is 1. The zero-order chi connectivity index (χ0) is 16.3. The number of carboxylic acids is 1. The Morgan fingerprint density at radius 3 is 1.41 bits per heavy atom. The van der Waals surface area contributed by atoms with Crippen LogP contribution in [0.3, 0.4) is 0 Å². The highest BCUT2D eigenvalue weighted by atomic mass is 16.4. The number of allylic oxidation sites excluding steroid dienone is 11. The summed E-state index contributed by atoms with van der Waals surface area (Å²) in [6, 6.07) is 0. The minimum absolute atomic E-state index is 0.209. The van der Waals surface area contributed by atoms with Gasteiger partial charge in [0, 0.05) is 6.42 Å². The van der Waals surface area contributed by atoms with Gasteiger partial charge in [-0.2, -0.15) is 0 Å². The lowest BCUT2D eigenvalue weighted by Gasteiger charge is -1.87. The smallest absolute Gasteiger partial charge is 0.303 e. The highest BCUT2D eigenvalue weighted by Gasteiger charge is 1.90. The molecular weight excluding hydrogens is 272 g/mol. The van der Waals surface area contributed by atoms with Gasteiger partial charge in [-0.3, -0.25) is 4.79 Å². The first kappa shape index (κ1) is 19.9. The number of carbonyl (C=O) groups is 1. The van der Waals surface area contributed by atoms with Gasteiger partial charge in [-0.05, 0) is 38.5 Å². The zero-order valence-corrected chi connectivity index (χ0v) is 13.4. The first-order valence-corrected chi connectivity index (χ1v) is 7.85. The van der Waals surface area contributed by atoms with E-state index in [1.807, 2.05) is 18.2 Å². The molecule has 0 bridgehead atoms. The normalized spacial score (nSPS) is 12.5. The summed E-state index contributed by atoms with van der Waals surface area (Å²) in [5.74, 6) is -0.743. The van der Waals surface area contributed by atoms with Gasteiger partial charge in [-0.1, -0.05) is 66.8 Å². The molecular formula is C20H28O2. The van der Waals surface area contributed by atoms with E-state index in [1.165, 1.54) is 0 Å². The second-order valence-corrected chi connectivity index (χ2v) is 4.76. The molecule has 0 atom stereocenters. The Kier molecular flexibility index (Phi) is 15.4. The van der Waals surface area contributed by atoms with Crippen molar-refractivity contribution in [2.24, 2.45) is 0 Å². The highest BCUT2D eigenvalue weighted by Crippen LogP contribution is 1.97. The lowest BCUT2D eigenvalue weighted by molar-refractivity contribution is -0.136. The molecule has 0 heterocycles. The third kappa shape index (κ3) is 17.9. The molecule has 1 N–H and O–H groups in total. The van der Waals surface area contributed by atoms with Crippen LogP contribution < -0.4 is 0 Å². The first-order valence-electron chi connectivity index (χ1n) is 7.85. The topological polar surface area (TPSA) is 37.3 Å². The van der Waals surface area contributed by atoms with Gasteiger partial charge in [-0.15, -0.1) is 6.58 Å². The molecule has 0 aromatic carbocycles. The fraction of sp³-hybridized carbons (Fsp3) is 0.350. The van der Waals surface area contributed by atoms with E-state index in [-0.39, 0.29) is 6.42 Å². The summed E-state index contributed by atoms with van der Waals surface area (Å²) in [6.45, 7) is 3.67. The molecule has 0 fully saturated rings. The predicted octanol–water partition coefficient (Wildman–Crippen LogP) is 5.77. The molecule has 0 saturated heterocycles. The van der Waals surface area contributed by atoms with Crippen molar-refractivity contribution in [3.8, 4) is 0 Å². The van der Waals surface area contributed by atoms with Crippen LogP contribution in [0.2, 0.25) is 0 Å². The van der Waals surface area contributed by atoms with E-state index in [0.717, 1.165) is 32.1 Å². The van der Waals surface area contributed by atoms with E-state index in [1.54, 1.807) is 0 Å². The average molecular weight is 300 g/mol. The molecule has 0 aromatic rings. The lowest BCUT2D eigenvalue weighted by atomic mass is 10.2. The van der Waals surface area contributed by atoms with E-state index >= 15 is 0 Å². The Morgan fingerprint density at radius 1 is 0.682 bits per heavy atom. The standard InChI is InChI=1S/C20H28O2/c1-2-3-4-5-6-7-8-9-10-11-12-13-14-15-16-17-18-19-20(21)22/h2,4-5,7-8,10-11,13-14,16-17H,1,3,6,9,12,15,18-19H2,(H,21,22). The van der Waals surface area contributed by atoms with Gasteiger partial charge in [0.15, 0.2) is 0 Å². The molecule has 0 rings (SSSR count). The van der Waals surface area contributed by atoms with E-state index in [9.17, 15) is 4.79 Å². The van der Waals surface area contributed by atoms with Crippen molar-refractivity contribution < 1.29 is 9.90 Å². The monoisotopic (exact) mass is 300 g/mol. The second kappa shape index (κ2) is 17.0. The van der Waals surface area contributed by atoms with Gasteiger partial charge in [-0.25, -0.2) is 0 Å². The maximum absolute atomic E-state index is 10.3. The summed E-state index contributed by atoms with van der Waals surface area (Å²) >= 11 is 0. The largest absolute Gasteiger partial charge is 0.481 e. The summed E-state index contributed by atoms with van der Waals surface area (Å²) in [5.41, 5.74) is 0. The van der Waals surface area contributed by atoms with Crippen molar-refractivity contribution >= 4 is 5.97 Å². The van der Waals surface area contributed by atoms with Crippen LogP contribution in [-0.2, 0) is 4.79 Å². The molecule has 0 aliphatic heterocycles. The summed E-state index contributed by atoms with van der Waals surface area (Å²) in [7, 11) is 0. The van der Waals surface area contributed by atoms with Crippen LogP contribution in [0.1, 0.15) is 44.9 Å². The van der Waals surface area contributed by atoms with Crippen molar-refractivity contribution in [1.29, 1.82) is 0 Å². The van der Waals surface area contributed by atoms with Gasteiger partial charge < -0.3 is 5.11 Å². The number of carboxylic acid groups (broad SMARTS) is 1. The summed E-state index contributed by atoms with van der Waals surface area (Å²) in [5, 5.41) is 8.47. The molecule has 0 radical (unpaired) electrons. The van der Waals surface area contributed by atoms with Gasteiger partial charge in [0.2, 0.25) is 0 Å². The SMILES string of the molecule is C=CCC=CCC=CCC=CCC=CCC=CCCC(=O)O. The molecule has 0 saturated carbocycles. The Bertz CT molecular complexity index is 423. The van der Waals surface area contributed by atoms with Crippen molar-refractivity contribution in [3.05, 3.63) is 73.4 Å². The van der Waals surface area contributed by atoms with E-state index in [0.29, 0.717) is 6.42 Å². The fourth-order valence-electron chi connectivity index (χ4n) is 1.60. The first-order chi connectivity index (χ1) is 10.8. The third-order valence-electron chi connectivity index (χ3n) is 2.75. The number of aliphatic carboxylic acids is 1. The fourth-order valence-corrected chi connectivity index (χ4v) is 1.60. The van der Waals surface area contributed by atoms with E-state index in [2.05, 4.69) is 55.2 Å². The Morgan fingerprint density at radius 2 is 1.05 bits per heavy atom. The summed E-state index contributed by atoms with van der Waals surface area (Å²) in [6.07, 6.45) is 28.5. The lowest BCUT2D eigenvalue weighted by Crippen LogP contribution is -1.91. The second-order valence-electron chi connectivity index (χ2n) is 4.76. The van der Waals surface area contributed by atoms with Crippen molar-refractivity contribution in [3.63, 3.8) is 0 Å². The Balaban J connectivity index is 3.49. The van der Waals surface area contributed by atoms with Crippen LogP contribution in [0.4, 0.5) is 0 Å². The van der Waals surface area contributed by atoms with E-state index < -0.39 is 5.97 Å². The van der Waals surface area contributed by atoms with Crippen molar-refractivity contribution in [1.82, 2.24) is 0 Å². The van der Waals surface area contributed by atoms with Crippen LogP contribution >= 0.6 is 0 Å². The molecule has 22 heavy (non-hydrogen) atoms. The average Bonchev–Trinajstić information content (AvgIpc) is 2.50. The molecule has 0 unspecified atom stereocenters. The van der Waals surface area contributed by atoms with E-state index in [4.69, 9.17) is 5.11 Å². The van der Waals surface area contributed by atoms with Crippen LogP contribution in [0.5, 0.6) is 0 Å². The zero-order valence-electron chi connectivity index (χ0n) is 13.4. The van der Waals surface area contributed by atoms with Crippen LogP contribution in [0, 0.1) is 0 Å². The van der Waals surface area contributed by atoms with Crippen molar-refractivity contribution in [2.75, 3.05) is 0 Å². The predicted molar refractivity (Wildman–Crippen MR) is 95.9 cm³/mol. The Labute approximate surface area is 134 Å². The highest BCUT2D eigenvalue weighted by molar-refractivity contribution is 5.66. The molecule has 120 valence electrons. The van der Waals surface area contributed by atoms with Crippen LogP contribution in [0.25, 0.3) is 0 Å². The van der Waals surface area contributed by atoms with Crippen LogP contribution in [-0.4, -0.2) is 11.1 Å². The quantitative estimate of drug-likeness (QED) is 0.438. The molecule has 0 aliphatic carbocycles. The minimum atomic E-state index is -0.743. The number of rotatable bonds is 13.